The number of rotatable bonds is 6. The molecular formula is C11H18N4O2. The number of hydrogen-bond acceptors (Lipinski definition) is 5. The zero-order valence-electron chi connectivity index (χ0n) is 10.4. The van der Waals surface area contributed by atoms with E-state index in [1.165, 1.54) is 7.11 Å². The molecule has 0 saturated carbocycles. The van der Waals surface area contributed by atoms with Gasteiger partial charge < -0.3 is 15.4 Å². The fourth-order valence-electron chi connectivity index (χ4n) is 1.08. The van der Waals surface area contributed by atoms with Crippen molar-refractivity contribution in [3.63, 3.8) is 0 Å². The van der Waals surface area contributed by atoms with Crippen LogP contribution in [0.4, 0.5) is 5.95 Å². The molecule has 1 amide bonds. The minimum absolute atomic E-state index is 0.0786. The maximum absolute atomic E-state index is 11.4. The number of anilines is 1. The number of hydrogen-bond donors (Lipinski definition) is 2. The third kappa shape index (κ3) is 5.14. The van der Waals surface area contributed by atoms with Crippen LogP contribution in [0.2, 0.25) is 0 Å². The highest BCUT2D eigenvalue weighted by Crippen LogP contribution is 2.06. The molecule has 1 aromatic heterocycles. The van der Waals surface area contributed by atoms with Gasteiger partial charge in [-0.1, -0.05) is 13.8 Å². The molecule has 6 nitrogen and oxygen atoms in total. The molecule has 94 valence electrons. The van der Waals surface area contributed by atoms with E-state index in [2.05, 4.69) is 20.6 Å². The molecule has 1 rings (SSSR count). The third-order valence-corrected chi connectivity index (χ3v) is 1.95. The van der Waals surface area contributed by atoms with Crippen LogP contribution in [0.3, 0.4) is 0 Å². The van der Waals surface area contributed by atoms with Crippen LogP contribution in [0.1, 0.15) is 13.8 Å². The molecule has 0 aromatic carbocycles. The largest absolute Gasteiger partial charge is 0.481 e. The minimum Gasteiger partial charge on any atom is -0.481 e. The van der Waals surface area contributed by atoms with Crippen molar-refractivity contribution in [1.82, 2.24) is 15.3 Å². The first-order chi connectivity index (χ1) is 8.11. The second-order valence-electron chi connectivity index (χ2n) is 3.97. The number of amides is 1. The Labute approximate surface area is 101 Å². The SMILES string of the molecule is COc1ccnc(NCC(=O)NCC(C)C)n1. The summed E-state index contributed by atoms with van der Waals surface area (Å²) >= 11 is 0. The van der Waals surface area contributed by atoms with Gasteiger partial charge in [0.1, 0.15) is 0 Å². The summed E-state index contributed by atoms with van der Waals surface area (Å²) in [6.45, 7) is 4.90. The van der Waals surface area contributed by atoms with E-state index in [0.717, 1.165) is 0 Å². The number of ether oxygens (including phenoxy) is 1. The van der Waals surface area contributed by atoms with Gasteiger partial charge in [0.05, 0.1) is 13.7 Å². The van der Waals surface area contributed by atoms with Crippen LogP contribution in [0, 0.1) is 5.92 Å². The Morgan fingerprint density at radius 1 is 1.53 bits per heavy atom. The predicted octanol–water partition coefficient (Wildman–Crippen LogP) is 0.669. The Morgan fingerprint density at radius 2 is 2.29 bits per heavy atom. The Kier molecular flexibility index (Phi) is 5.19. The monoisotopic (exact) mass is 238 g/mol. The molecule has 1 aromatic rings. The van der Waals surface area contributed by atoms with E-state index in [1.807, 2.05) is 13.8 Å². The van der Waals surface area contributed by atoms with E-state index >= 15 is 0 Å². The molecule has 6 heteroatoms. The van der Waals surface area contributed by atoms with Gasteiger partial charge in [0.15, 0.2) is 0 Å². The van der Waals surface area contributed by atoms with Crippen molar-refractivity contribution >= 4 is 11.9 Å². The molecule has 0 radical (unpaired) electrons. The van der Waals surface area contributed by atoms with Gasteiger partial charge in [-0.05, 0) is 5.92 Å². The summed E-state index contributed by atoms with van der Waals surface area (Å²) in [4.78, 5) is 19.4. The molecule has 0 spiro atoms. The summed E-state index contributed by atoms with van der Waals surface area (Å²) in [5, 5.41) is 5.62. The maximum atomic E-state index is 11.4. The summed E-state index contributed by atoms with van der Waals surface area (Å²) in [5.41, 5.74) is 0. The molecule has 0 atom stereocenters. The fraction of sp³-hybridized carbons (Fsp3) is 0.545. The highest BCUT2D eigenvalue weighted by atomic mass is 16.5. The van der Waals surface area contributed by atoms with Crippen LogP contribution in [-0.2, 0) is 4.79 Å². The van der Waals surface area contributed by atoms with E-state index in [4.69, 9.17) is 4.74 Å². The molecule has 0 aliphatic carbocycles. The van der Waals surface area contributed by atoms with Crippen molar-refractivity contribution in [2.75, 3.05) is 25.5 Å². The number of carbonyl (C=O) groups excluding carboxylic acids is 1. The molecule has 0 aliphatic heterocycles. The van der Waals surface area contributed by atoms with E-state index in [0.29, 0.717) is 24.3 Å². The second-order valence-corrected chi connectivity index (χ2v) is 3.97. The van der Waals surface area contributed by atoms with Crippen LogP contribution in [-0.4, -0.2) is 36.1 Å². The Morgan fingerprint density at radius 3 is 2.94 bits per heavy atom. The topological polar surface area (TPSA) is 76.1 Å². The van der Waals surface area contributed by atoms with Gasteiger partial charge in [0.2, 0.25) is 17.7 Å². The molecule has 2 N–H and O–H groups in total. The predicted molar refractivity (Wildman–Crippen MR) is 64.9 cm³/mol. The maximum Gasteiger partial charge on any atom is 0.239 e. The van der Waals surface area contributed by atoms with Gasteiger partial charge >= 0.3 is 0 Å². The molecular weight excluding hydrogens is 220 g/mol. The molecule has 0 unspecified atom stereocenters. The van der Waals surface area contributed by atoms with Gasteiger partial charge in [-0.2, -0.15) is 4.98 Å². The Hall–Kier alpha value is -1.85. The van der Waals surface area contributed by atoms with Gasteiger partial charge in [-0.3, -0.25) is 4.79 Å². The third-order valence-electron chi connectivity index (χ3n) is 1.95. The standard InChI is InChI=1S/C11H18N4O2/c1-8(2)6-13-9(16)7-14-11-12-5-4-10(15-11)17-3/h4-5,8H,6-7H2,1-3H3,(H,13,16)(H,12,14,15). The lowest BCUT2D eigenvalue weighted by Gasteiger charge is -2.08. The number of methoxy groups -OCH3 is 1. The van der Waals surface area contributed by atoms with E-state index in [1.54, 1.807) is 12.3 Å². The minimum atomic E-state index is -0.0786. The van der Waals surface area contributed by atoms with E-state index in [-0.39, 0.29) is 12.5 Å². The van der Waals surface area contributed by atoms with Crippen molar-refractivity contribution in [3.8, 4) is 5.88 Å². The average molecular weight is 238 g/mol. The number of nitrogens with zero attached hydrogens (tertiary/aromatic N) is 2. The van der Waals surface area contributed by atoms with Crippen molar-refractivity contribution < 1.29 is 9.53 Å². The molecule has 0 bridgehead atoms. The lowest BCUT2D eigenvalue weighted by Crippen LogP contribution is -2.32. The van der Waals surface area contributed by atoms with Crippen molar-refractivity contribution in [1.29, 1.82) is 0 Å². The Balaban J connectivity index is 2.36. The zero-order chi connectivity index (χ0) is 12.7. The summed E-state index contributed by atoms with van der Waals surface area (Å²) in [6.07, 6.45) is 1.57. The first-order valence-electron chi connectivity index (χ1n) is 5.49. The van der Waals surface area contributed by atoms with Gasteiger partial charge in [0.25, 0.3) is 0 Å². The normalized spacial score (nSPS) is 10.1. The lowest BCUT2D eigenvalue weighted by atomic mass is 10.2. The molecule has 0 aliphatic rings. The van der Waals surface area contributed by atoms with E-state index < -0.39 is 0 Å². The number of nitrogens with one attached hydrogen (secondary N) is 2. The highest BCUT2D eigenvalue weighted by molar-refractivity contribution is 5.80. The fourth-order valence-corrected chi connectivity index (χ4v) is 1.08. The molecule has 1 heterocycles. The second kappa shape index (κ2) is 6.67. The average Bonchev–Trinajstić information content (AvgIpc) is 2.34. The quantitative estimate of drug-likeness (QED) is 0.761. The van der Waals surface area contributed by atoms with Crippen LogP contribution >= 0.6 is 0 Å². The van der Waals surface area contributed by atoms with E-state index in [9.17, 15) is 4.79 Å². The summed E-state index contributed by atoms with van der Waals surface area (Å²) in [5.74, 6) is 1.20. The van der Waals surface area contributed by atoms with Crippen LogP contribution in [0.25, 0.3) is 0 Å². The van der Waals surface area contributed by atoms with Gasteiger partial charge in [-0.15, -0.1) is 0 Å². The smallest absolute Gasteiger partial charge is 0.239 e. The van der Waals surface area contributed by atoms with Crippen molar-refractivity contribution in [2.24, 2.45) is 5.92 Å². The highest BCUT2D eigenvalue weighted by Gasteiger charge is 2.04. The molecule has 0 fully saturated rings. The molecule has 17 heavy (non-hydrogen) atoms. The first kappa shape index (κ1) is 13.2. The summed E-state index contributed by atoms with van der Waals surface area (Å²) < 4.78 is 4.95. The van der Waals surface area contributed by atoms with Gasteiger partial charge in [-0.25, -0.2) is 4.98 Å². The lowest BCUT2D eigenvalue weighted by molar-refractivity contribution is -0.119. The van der Waals surface area contributed by atoms with Crippen molar-refractivity contribution in [3.05, 3.63) is 12.3 Å². The number of carbonyl (C=O) groups is 1. The summed E-state index contributed by atoms with van der Waals surface area (Å²) in [6, 6.07) is 1.64. The zero-order valence-corrected chi connectivity index (χ0v) is 10.4. The van der Waals surface area contributed by atoms with Crippen LogP contribution < -0.4 is 15.4 Å². The van der Waals surface area contributed by atoms with Gasteiger partial charge in [0, 0.05) is 18.8 Å². The van der Waals surface area contributed by atoms with Crippen molar-refractivity contribution in [2.45, 2.75) is 13.8 Å². The molecule has 0 saturated heterocycles. The van der Waals surface area contributed by atoms with Crippen LogP contribution in [0.5, 0.6) is 5.88 Å². The van der Waals surface area contributed by atoms with Crippen LogP contribution in [0.15, 0.2) is 12.3 Å². The first-order valence-corrected chi connectivity index (χ1v) is 5.49. The number of aromatic nitrogens is 2. The Bertz CT molecular complexity index is 368. The summed E-state index contributed by atoms with van der Waals surface area (Å²) in [7, 11) is 1.53.